The van der Waals surface area contributed by atoms with Crippen LogP contribution in [-0.2, 0) is 4.79 Å². The van der Waals surface area contributed by atoms with Crippen molar-refractivity contribution in [2.24, 2.45) is 4.99 Å². The molecular formula is C10H7NO2. The summed E-state index contributed by atoms with van der Waals surface area (Å²) in [5, 5.41) is 0. The Morgan fingerprint density at radius 3 is 2.54 bits per heavy atom. The van der Waals surface area contributed by atoms with Crippen LogP contribution in [0.3, 0.4) is 0 Å². The van der Waals surface area contributed by atoms with Gasteiger partial charge in [0.2, 0.25) is 11.6 Å². The van der Waals surface area contributed by atoms with Crippen LogP contribution in [0, 0.1) is 0 Å². The summed E-state index contributed by atoms with van der Waals surface area (Å²) in [5.74, 6) is -0.957. The molecule has 1 aliphatic rings. The fourth-order valence-electron chi connectivity index (χ4n) is 1.28. The molecule has 2 rings (SSSR count). The molecule has 3 nitrogen and oxygen atoms in total. The molecule has 0 aliphatic carbocycles. The third kappa shape index (κ3) is 1.09. The predicted octanol–water partition coefficient (Wildman–Crippen LogP) is 1.54. The predicted molar refractivity (Wildman–Crippen MR) is 48.5 cm³/mol. The van der Waals surface area contributed by atoms with Crippen molar-refractivity contribution in [3.05, 3.63) is 29.8 Å². The maximum Gasteiger partial charge on any atom is 0.247 e. The van der Waals surface area contributed by atoms with E-state index in [0.717, 1.165) is 0 Å². The number of Topliss-reactive ketones (excluding diaryl/α,β-unsaturated/α-hetero) is 2. The molecule has 0 fully saturated rings. The van der Waals surface area contributed by atoms with Crippen LogP contribution in [0.4, 0.5) is 5.69 Å². The smallest absolute Gasteiger partial charge is 0.247 e. The van der Waals surface area contributed by atoms with E-state index in [1.165, 1.54) is 0 Å². The minimum atomic E-state index is -0.501. The molecule has 0 spiro atoms. The Hall–Kier alpha value is -1.77. The summed E-state index contributed by atoms with van der Waals surface area (Å²) in [6.45, 7) is 1.55. The number of hydrogen-bond acceptors (Lipinski definition) is 3. The SMILES string of the molecule is CC1=Nc2ccccc2C(=O)C1=O. The van der Waals surface area contributed by atoms with Crippen molar-refractivity contribution in [2.45, 2.75) is 6.92 Å². The average molecular weight is 173 g/mol. The highest BCUT2D eigenvalue weighted by Gasteiger charge is 2.25. The lowest BCUT2D eigenvalue weighted by Crippen LogP contribution is -2.24. The Kier molecular flexibility index (Phi) is 1.59. The molecule has 1 heterocycles. The first-order valence-corrected chi connectivity index (χ1v) is 3.93. The van der Waals surface area contributed by atoms with Crippen LogP contribution in [-0.4, -0.2) is 17.3 Å². The Morgan fingerprint density at radius 2 is 1.77 bits per heavy atom. The molecule has 0 amide bonds. The van der Waals surface area contributed by atoms with E-state index >= 15 is 0 Å². The molecule has 1 aromatic rings. The van der Waals surface area contributed by atoms with Crippen molar-refractivity contribution in [2.75, 3.05) is 0 Å². The summed E-state index contributed by atoms with van der Waals surface area (Å²) in [7, 11) is 0. The molecule has 1 aromatic carbocycles. The highest BCUT2D eigenvalue weighted by Crippen LogP contribution is 2.23. The first kappa shape index (κ1) is 7.86. The normalized spacial score (nSPS) is 15.3. The molecule has 1 aliphatic heterocycles. The topological polar surface area (TPSA) is 46.5 Å². The van der Waals surface area contributed by atoms with E-state index < -0.39 is 11.6 Å². The molecular weight excluding hydrogens is 166 g/mol. The van der Waals surface area contributed by atoms with Gasteiger partial charge in [-0.15, -0.1) is 0 Å². The van der Waals surface area contributed by atoms with Gasteiger partial charge in [-0.2, -0.15) is 0 Å². The van der Waals surface area contributed by atoms with E-state index in [9.17, 15) is 9.59 Å². The van der Waals surface area contributed by atoms with Gasteiger partial charge in [-0.05, 0) is 19.1 Å². The van der Waals surface area contributed by atoms with Crippen LogP contribution in [0.1, 0.15) is 17.3 Å². The van der Waals surface area contributed by atoms with E-state index in [1.54, 1.807) is 31.2 Å². The Labute approximate surface area is 75.1 Å². The monoisotopic (exact) mass is 173 g/mol. The number of carbonyl (C=O) groups is 2. The standard InChI is InChI=1S/C10H7NO2/c1-6-9(12)10(13)7-4-2-3-5-8(7)11-6/h2-5H,1H3. The third-order valence-electron chi connectivity index (χ3n) is 1.97. The number of carbonyl (C=O) groups excluding carboxylic acids is 2. The fraction of sp³-hybridized carbons (Fsp3) is 0.100. The zero-order valence-electron chi connectivity index (χ0n) is 7.07. The minimum Gasteiger partial charge on any atom is -0.285 e. The number of fused-ring (bicyclic) bond motifs is 1. The number of nitrogens with zero attached hydrogens (tertiary/aromatic N) is 1. The molecule has 0 N–H and O–H groups in total. The van der Waals surface area contributed by atoms with Crippen molar-refractivity contribution < 1.29 is 9.59 Å². The van der Waals surface area contributed by atoms with Crippen LogP contribution in [0.2, 0.25) is 0 Å². The van der Waals surface area contributed by atoms with Gasteiger partial charge < -0.3 is 0 Å². The van der Waals surface area contributed by atoms with Gasteiger partial charge in [0.05, 0.1) is 17.0 Å². The maximum absolute atomic E-state index is 11.4. The largest absolute Gasteiger partial charge is 0.285 e. The van der Waals surface area contributed by atoms with Crippen LogP contribution in [0.25, 0.3) is 0 Å². The van der Waals surface area contributed by atoms with Gasteiger partial charge in [0.25, 0.3) is 0 Å². The molecule has 0 aromatic heterocycles. The maximum atomic E-state index is 11.4. The molecule has 13 heavy (non-hydrogen) atoms. The van der Waals surface area contributed by atoms with Gasteiger partial charge in [-0.1, -0.05) is 12.1 Å². The molecule has 0 unspecified atom stereocenters. The van der Waals surface area contributed by atoms with Crippen LogP contribution in [0.15, 0.2) is 29.3 Å². The number of ketones is 2. The lowest BCUT2D eigenvalue weighted by molar-refractivity contribution is -0.109. The highest BCUT2D eigenvalue weighted by molar-refractivity contribution is 6.69. The van der Waals surface area contributed by atoms with E-state index in [1.807, 2.05) is 0 Å². The summed E-state index contributed by atoms with van der Waals surface area (Å²) in [6.07, 6.45) is 0. The molecule has 64 valence electrons. The summed E-state index contributed by atoms with van der Waals surface area (Å²) in [4.78, 5) is 26.6. The summed E-state index contributed by atoms with van der Waals surface area (Å²) in [5.41, 5.74) is 1.26. The van der Waals surface area contributed by atoms with E-state index in [-0.39, 0.29) is 5.71 Å². The molecule has 0 radical (unpaired) electrons. The van der Waals surface area contributed by atoms with Crippen molar-refractivity contribution in [1.82, 2.24) is 0 Å². The van der Waals surface area contributed by atoms with Gasteiger partial charge in [0, 0.05) is 0 Å². The van der Waals surface area contributed by atoms with E-state index in [4.69, 9.17) is 0 Å². The second-order valence-electron chi connectivity index (χ2n) is 2.87. The van der Waals surface area contributed by atoms with Crippen molar-refractivity contribution in [3.8, 4) is 0 Å². The Balaban J connectivity index is 2.70. The summed E-state index contributed by atoms with van der Waals surface area (Å²) in [6, 6.07) is 6.85. The van der Waals surface area contributed by atoms with Gasteiger partial charge in [-0.25, -0.2) is 4.99 Å². The lowest BCUT2D eigenvalue weighted by Gasteiger charge is -2.09. The third-order valence-corrected chi connectivity index (χ3v) is 1.97. The first-order valence-electron chi connectivity index (χ1n) is 3.93. The molecule has 0 saturated heterocycles. The minimum absolute atomic E-state index is 0.267. The van der Waals surface area contributed by atoms with E-state index in [0.29, 0.717) is 11.3 Å². The fourth-order valence-corrected chi connectivity index (χ4v) is 1.28. The second-order valence-corrected chi connectivity index (χ2v) is 2.87. The molecule has 0 saturated carbocycles. The van der Waals surface area contributed by atoms with Crippen LogP contribution in [0.5, 0.6) is 0 Å². The number of benzene rings is 1. The number of rotatable bonds is 0. The number of hydrogen-bond donors (Lipinski definition) is 0. The second kappa shape index (κ2) is 2.62. The van der Waals surface area contributed by atoms with Gasteiger partial charge in [0.15, 0.2) is 0 Å². The highest BCUT2D eigenvalue weighted by atomic mass is 16.2. The van der Waals surface area contributed by atoms with Crippen LogP contribution < -0.4 is 0 Å². The van der Waals surface area contributed by atoms with Gasteiger partial charge >= 0.3 is 0 Å². The van der Waals surface area contributed by atoms with Crippen molar-refractivity contribution in [3.63, 3.8) is 0 Å². The molecule has 0 bridgehead atoms. The molecule has 0 atom stereocenters. The first-order chi connectivity index (χ1) is 6.20. The lowest BCUT2D eigenvalue weighted by atomic mass is 10.00. The summed E-state index contributed by atoms with van der Waals surface area (Å²) < 4.78 is 0. The zero-order valence-corrected chi connectivity index (χ0v) is 7.07. The van der Waals surface area contributed by atoms with Crippen LogP contribution >= 0.6 is 0 Å². The van der Waals surface area contributed by atoms with Crippen molar-refractivity contribution in [1.29, 1.82) is 0 Å². The van der Waals surface area contributed by atoms with Gasteiger partial charge in [0.1, 0.15) is 0 Å². The van der Waals surface area contributed by atoms with E-state index in [2.05, 4.69) is 4.99 Å². The number of para-hydroxylation sites is 1. The summed E-state index contributed by atoms with van der Waals surface area (Å²) >= 11 is 0. The Bertz CT molecular complexity index is 432. The average Bonchev–Trinajstić information content (AvgIpc) is 2.15. The number of aliphatic imine (C=N–C) groups is 1. The quantitative estimate of drug-likeness (QED) is 0.559. The molecule has 3 heteroatoms. The zero-order chi connectivity index (χ0) is 9.42. The van der Waals surface area contributed by atoms with Gasteiger partial charge in [-0.3, -0.25) is 9.59 Å². The Morgan fingerprint density at radius 1 is 1.08 bits per heavy atom. The van der Waals surface area contributed by atoms with Crippen molar-refractivity contribution >= 4 is 23.0 Å².